The third-order valence-electron chi connectivity index (χ3n) is 5.78. The third kappa shape index (κ3) is 5.34. The van der Waals surface area contributed by atoms with Crippen molar-refractivity contribution in [3.8, 4) is 11.5 Å². The van der Waals surface area contributed by atoms with Crippen LogP contribution in [-0.2, 0) is 4.74 Å². The van der Waals surface area contributed by atoms with Crippen molar-refractivity contribution < 1.29 is 14.6 Å². The van der Waals surface area contributed by atoms with Gasteiger partial charge < -0.3 is 24.8 Å². The number of benzene rings is 1. The summed E-state index contributed by atoms with van der Waals surface area (Å²) < 4.78 is 11.9. The standard InChI is InChI=1S/C23H30N6O3/c1-3-25-20-12-17(29-8-10-31-11-9-29)13-21(22(20)24-2)32-19-6-4-16(5-7-19)28-23-26-14-18(30)15-27-23/h3,12-16,19,30H,2,4-11H2,1H3,(H,26,27,28)/b25-3-/t16-,19+. The van der Waals surface area contributed by atoms with Gasteiger partial charge in [0.05, 0.1) is 37.4 Å². The van der Waals surface area contributed by atoms with Crippen molar-refractivity contribution in [3.63, 3.8) is 0 Å². The lowest BCUT2D eigenvalue weighted by atomic mass is 9.93. The Morgan fingerprint density at radius 2 is 1.91 bits per heavy atom. The molecule has 2 N–H and O–H groups in total. The quantitative estimate of drug-likeness (QED) is 0.632. The number of hydrogen-bond donors (Lipinski definition) is 2. The Bertz CT molecular complexity index is 935. The van der Waals surface area contributed by atoms with E-state index >= 15 is 0 Å². The van der Waals surface area contributed by atoms with Gasteiger partial charge in [0.25, 0.3) is 0 Å². The molecule has 1 saturated carbocycles. The van der Waals surface area contributed by atoms with Crippen LogP contribution in [0.2, 0.25) is 0 Å². The van der Waals surface area contributed by atoms with Crippen molar-refractivity contribution in [1.29, 1.82) is 0 Å². The van der Waals surface area contributed by atoms with Gasteiger partial charge in [0, 0.05) is 37.1 Å². The van der Waals surface area contributed by atoms with E-state index in [4.69, 9.17) is 9.47 Å². The average Bonchev–Trinajstić information content (AvgIpc) is 2.82. The van der Waals surface area contributed by atoms with Gasteiger partial charge in [0.15, 0.2) is 5.75 Å². The molecule has 170 valence electrons. The molecule has 4 rings (SSSR count). The van der Waals surface area contributed by atoms with E-state index < -0.39 is 0 Å². The number of morpholine rings is 1. The Morgan fingerprint density at radius 1 is 1.19 bits per heavy atom. The van der Waals surface area contributed by atoms with Crippen LogP contribution in [0.25, 0.3) is 0 Å². The first-order valence-electron chi connectivity index (χ1n) is 11.1. The van der Waals surface area contributed by atoms with Gasteiger partial charge in [-0.15, -0.1) is 0 Å². The summed E-state index contributed by atoms with van der Waals surface area (Å²) in [5.74, 6) is 1.32. The number of aliphatic imine (C=N–C) groups is 2. The van der Waals surface area contributed by atoms with E-state index in [-0.39, 0.29) is 17.9 Å². The molecule has 0 spiro atoms. The molecule has 2 heterocycles. The topological polar surface area (TPSA) is 104 Å². The predicted octanol–water partition coefficient (Wildman–Crippen LogP) is 3.88. The van der Waals surface area contributed by atoms with E-state index in [1.165, 1.54) is 12.4 Å². The molecular formula is C23H30N6O3. The maximum Gasteiger partial charge on any atom is 0.223 e. The van der Waals surface area contributed by atoms with Crippen molar-refractivity contribution in [2.45, 2.75) is 44.8 Å². The Hall–Kier alpha value is -3.20. The second-order valence-corrected chi connectivity index (χ2v) is 7.96. The zero-order valence-electron chi connectivity index (χ0n) is 18.4. The number of aromatic hydroxyl groups is 1. The van der Waals surface area contributed by atoms with Crippen molar-refractivity contribution in [3.05, 3.63) is 24.5 Å². The molecule has 2 aromatic rings. The van der Waals surface area contributed by atoms with Gasteiger partial charge in [-0.3, -0.25) is 9.98 Å². The molecule has 1 aliphatic carbocycles. The van der Waals surface area contributed by atoms with Gasteiger partial charge in [0.2, 0.25) is 5.95 Å². The van der Waals surface area contributed by atoms with Crippen LogP contribution >= 0.6 is 0 Å². The van der Waals surface area contributed by atoms with E-state index in [0.29, 0.717) is 24.8 Å². The zero-order valence-corrected chi connectivity index (χ0v) is 18.4. The number of nitrogens with one attached hydrogen (secondary N) is 1. The summed E-state index contributed by atoms with van der Waals surface area (Å²) in [6, 6.07) is 4.37. The van der Waals surface area contributed by atoms with Crippen LogP contribution in [0.5, 0.6) is 11.5 Å². The molecule has 9 heteroatoms. The summed E-state index contributed by atoms with van der Waals surface area (Å²) in [5, 5.41) is 12.7. The number of anilines is 2. The van der Waals surface area contributed by atoms with Gasteiger partial charge in [0.1, 0.15) is 11.4 Å². The molecule has 1 aromatic heterocycles. The summed E-state index contributed by atoms with van der Waals surface area (Å²) in [5.41, 5.74) is 2.51. The number of hydrogen-bond acceptors (Lipinski definition) is 9. The number of nitrogens with zero attached hydrogens (tertiary/aromatic N) is 5. The third-order valence-corrected chi connectivity index (χ3v) is 5.78. The average molecular weight is 439 g/mol. The van der Waals surface area contributed by atoms with Gasteiger partial charge in [-0.05, 0) is 45.4 Å². The van der Waals surface area contributed by atoms with E-state index in [2.05, 4.69) is 43.0 Å². The highest BCUT2D eigenvalue weighted by Crippen LogP contribution is 2.43. The van der Waals surface area contributed by atoms with Crippen LogP contribution < -0.4 is 15.0 Å². The smallest absolute Gasteiger partial charge is 0.223 e. The fourth-order valence-corrected chi connectivity index (χ4v) is 4.15. The lowest BCUT2D eigenvalue weighted by Gasteiger charge is -2.32. The first-order valence-corrected chi connectivity index (χ1v) is 11.1. The summed E-state index contributed by atoms with van der Waals surface area (Å²) in [6.45, 7) is 8.75. The van der Waals surface area contributed by atoms with Crippen molar-refractivity contribution in [1.82, 2.24) is 9.97 Å². The SMILES string of the molecule is C=Nc1c(/N=C\C)cc(N2CCOCC2)cc1O[C@H]1CC[C@@H](Nc2ncc(O)cn2)CC1. The minimum Gasteiger partial charge on any atom is -0.505 e. The van der Waals surface area contributed by atoms with Gasteiger partial charge in [-0.2, -0.15) is 0 Å². The molecule has 1 saturated heterocycles. The molecule has 2 aliphatic rings. The van der Waals surface area contributed by atoms with Gasteiger partial charge in [-0.1, -0.05) is 0 Å². The highest BCUT2D eigenvalue weighted by atomic mass is 16.5. The Labute approximate surface area is 188 Å². The first-order chi connectivity index (χ1) is 15.7. The lowest BCUT2D eigenvalue weighted by Crippen LogP contribution is -2.36. The normalized spacial score (nSPS) is 21.5. The molecule has 2 fully saturated rings. The summed E-state index contributed by atoms with van der Waals surface area (Å²) in [4.78, 5) is 19.3. The Balaban J connectivity index is 1.45. The van der Waals surface area contributed by atoms with Crippen LogP contribution in [-0.4, -0.2) is 66.5 Å². The second-order valence-electron chi connectivity index (χ2n) is 7.96. The molecule has 1 aromatic carbocycles. The molecule has 0 bridgehead atoms. The van der Waals surface area contributed by atoms with Crippen LogP contribution in [0.3, 0.4) is 0 Å². The van der Waals surface area contributed by atoms with Crippen molar-refractivity contribution in [2.24, 2.45) is 9.98 Å². The second kappa shape index (κ2) is 10.4. The van der Waals surface area contributed by atoms with Crippen LogP contribution in [0, 0.1) is 0 Å². The highest BCUT2D eigenvalue weighted by molar-refractivity contribution is 5.80. The molecule has 1 aliphatic heterocycles. The number of ether oxygens (including phenoxy) is 2. The van der Waals surface area contributed by atoms with Crippen molar-refractivity contribution in [2.75, 3.05) is 36.5 Å². The lowest BCUT2D eigenvalue weighted by molar-refractivity contribution is 0.122. The number of rotatable bonds is 7. The predicted molar refractivity (Wildman–Crippen MR) is 127 cm³/mol. The summed E-state index contributed by atoms with van der Waals surface area (Å²) in [6.07, 6.45) is 8.33. The minimum atomic E-state index is 0.0605. The van der Waals surface area contributed by atoms with Crippen LogP contribution in [0.4, 0.5) is 23.0 Å². The summed E-state index contributed by atoms with van der Waals surface area (Å²) >= 11 is 0. The molecule has 0 unspecified atom stereocenters. The minimum absolute atomic E-state index is 0.0605. The maximum atomic E-state index is 9.34. The zero-order chi connectivity index (χ0) is 22.3. The molecular weight excluding hydrogens is 408 g/mol. The fourth-order valence-electron chi connectivity index (χ4n) is 4.15. The molecule has 0 amide bonds. The van der Waals surface area contributed by atoms with E-state index in [1.54, 1.807) is 6.21 Å². The molecule has 0 atom stereocenters. The highest BCUT2D eigenvalue weighted by Gasteiger charge is 2.25. The van der Waals surface area contributed by atoms with Crippen LogP contribution in [0.15, 0.2) is 34.5 Å². The largest absolute Gasteiger partial charge is 0.505 e. The molecule has 9 nitrogen and oxygen atoms in total. The van der Waals surface area contributed by atoms with Crippen LogP contribution in [0.1, 0.15) is 32.6 Å². The monoisotopic (exact) mass is 438 g/mol. The number of aromatic nitrogens is 2. The molecule has 0 radical (unpaired) electrons. The Kier molecular flexibility index (Phi) is 7.16. The van der Waals surface area contributed by atoms with E-state index in [9.17, 15) is 5.11 Å². The summed E-state index contributed by atoms with van der Waals surface area (Å²) in [7, 11) is 0. The first kappa shape index (κ1) is 22.0. The fraction of sp³-hybridized carbons (Fsp3) is 0.478. The van der Waals surface area contributed by atoms with E-state index in [1.807, 2.05) is 13.0 Å². The van der Waals surface area contributed by atoms with Gasteiger partial charge >= 0.3 is 0 Å². The Morgan fingerprint density at radius 3 is 2.56 bits per heavy atom. The molecule has 32 heavy (non-hydrogen) atoms. The van der Waals surface area contributed by atoms with E-state index in [0.717, 1.165) is 55.9 Å². The maximum absolute atomic E-state index is 9.34. The van der Waals surface area contributed by atoms with Gasteiger partial charge in [-0.25, -0.2) is 9.97 Å². The van der Waals surface area contributed by atoms with Crippen molar-refractivity contribution >= 4 is 35.9 Å².